The maximum absolute atomic E-state index is 11.1. The molecule has 0 saturated heterocycles. The lowest BCUT2D eigenvalue weighted by atomic mass is 10.2. The normalized spacial score (nSPS) is 17.1. The van der Waals surface area contributed by atoms with E-state index in [1.165, 1.54) is 0 Å². The fraction of sp³-hybridized carbons (Fsp3) is 0.500. The highest BCUT2D eigenvalue weighted by molar-refractivity contribution is 5.71. The Morgan fingerprint density at radius 2 is 2.60 bits per heavy atom. The summed E-state index contributed by atoms with van der Waals surface area (Å²) in [7, 11) is 0. The van der Waals surface area contributed by atoms with Crippen LogP contribution in [-0.2, 0) is 9.53 Å². The molecule has 15 heavy (non-hydrogen) atoms. The molecule has 1 aliphatic rings. The highest BCUT2D eigenvalue weighted by Gasteiger charge is 2.10. The van der Waals surface area contributed by atoms with Gasteiger partial charge in [0, 0.05) is 10.6 Å². The second kappa shape index (κ2) is 5.88. The maximum Gasteiger partial charge on any atom is 0.309 e. The van der Waals surface area contributed by atoms with Crippen molar-refractivity contribution in [3.05, 3.63) is 33.9 Å². The number of rotatable bonds is 4. The molecule has 0 spiro atoms. The minimum absolute atomic E-state index is 0.238. The Labute approximate surface area is 88.0 Å². The van der Waals surface area contributed by atoms with Crippen molar-refractivity contribution in [2.75, 3.05) is 6.61 Å². The van der Waals surface area contributed by atoms with Crippen LogP contribution in [0.5, 0.6) is 0 Å². The van der Waals surface area contributed by atoms with Crippen molar-refractivity contribution in [3.8, 4) is 0 Å². The van der Waals surface area contributed by atoms with Crippen molar-refractivity contribution in [2.24, 2.45) is 5.11 Å². The molecule has 0 aromatic rings. The van der Waals surface area contributed by atoms with Crippen molar-refractivity contribution in [1.29, 1.82) is 0 Å². The first-order valence-corrected chi connectivity index (χ1v) is 4.88. The largest absolute Gasteiger partial charge is 0.466 e. The average Bonchev–Trinajstić information content (AvgIpc) is 2.64. The number of allylic oxidation sites excluding steroid dienone is 2. The number of ether oxygens (including phenoxy) is 1. The minimum Gasteiger partial charge on any atom is -0.466 e. The first-order chi connectivity index (χ1) is 7.27. The standard InChI is InChI=1S/C10H13N3O2/c1-2-15-10(14)7-6-8-4-3-5-9(8)12-13-11/h5-6H,2-4,7H2,1H3/b8-6-. The highest BCUT2D eigenvalue weighted by atomic mass is 16.5. The van der Waals surface area contributed by atoms with Crippen LogP contribution < -0.4 is 0 Å². The van der Waals surface area contributed by atoms with E-state index in [-0.39, 0.29) is 12.4 Å². The summed E-state index contributed by atoms with van der Waals surface area (Å²) >= 11 is 0. The third-order valence-electron chi connectivity index (χ3n) is 2.05. The highest BCUT2D eigenvalue weighted by Crippen LogP contribution is 2.26. The molecule has 0 atom stereocenters. The van der Waals surface area contributed by atoms with E-state index >= 15 is 0 Å². The zero-order chi connectivity index (χ0) is 11.1. The molecule has 0 aromatic carbocycles. The van der Waals surface area contributed by atoms with Crippen LogP contribution in [0.4, 0.5) is 0 Å². The minimum atomic E-state index is -0.253. The lowest BCUT2D eigenvalue weighted by molar-refractivity contribution is -0.142. The van der Waals surface area contributed by atoms with Crippen LogP contribution >= 0.6 is 0 Å². The van der Waals surface area contributed by atoms with E-state index in [1.807, 2.05) is 6.08 Å². The molecule has 0 N–H and O–H groups in total. The van der Waals surface area contributed by atoms with Crippen LogP contribution in [0.25, 0.3) is 10.4 Å². The first-order valence-electron chi connectivity index (χ1n) is 4.88. The van der Waals surface area contributed by atoms with Gasteiger partial charge >= 0.3 is 5.97 Å². The Kier molecular flexibility index (Phi) is 4.44. The van der Waals surface area contributed by atoms with Gasteiger partial charge in [0.2, 0.25) is 0 Å². The van der Waals surface area contributed by atoms with Gasteiger partial charge in [0.25, 0.3) is 0 Å². The molecular weight excluding hydrogens is 194 g/mol. The number of carbonyl (C=O) groups is 1. The van der Waals surface area contributed by atoms with Crippen LogP contribution in [0.15, 0.2) is 28.5 Å². The SMILES string of the molecule is CCOC(=O)C/C=C1/CCC=C1N=[N+]=[N-]. The molecular formula is C10H13N3O2. The van der Waals surface area contributed by atoms with E-state index in [0.29, 0.717) is 12.3 Å². The van der Waals surface area contributed by atoms with Crippen molar-refractivity contribution in [3.63, 3.8) is 0 Å². The summed E-state index contributed by atoms with van der Waals surface area (Å²) in [6.07, 6.45) is 5.57. The zero-order valence-corrected chi connectivity index (χ0v) is 8.64. The van der Waals surface area contributed by atoms with Gasteiger partial charge in [-0.2, -0.15) is 0 Å². The summed E-state index contributed by atoms with van der Waals surface area (Å²) in [6.45, 7) is 2.16. The maximum atomic E-state index is 11.1. The van der Waals surface area contributed by atoms with E-state index in [2.05, 4.69) is 10.0 Å². The van der Waals surface area contributed by atoms with Crippen molar-refractivity contribution in [1.82, 2.24) is 0 Å². The molecule has 0 heterocycles. The number of hydrogen-bond donors (Lipinski definition) is 0. The molecule has 1 aliphatic carbocycles. The Morgan fingerprint density at radius 3 is 3.27 bits per heavy atom. The van der Waals surface area contributed by atoms with E-state index in [9.17, 15) is 4.79 Å². The number of azide groups is 1. The molecule has 0 radical (unpaired) electrons. The van der Waals surface area contributed by atoms with Gasteiger partial charge in [0.05, 0.1) is 13.0 Å². The Hall–Kier alpha value is -1.74. The number of carbonyl (C=O) groups excluding carboxylic acids is 1. The van der Waals surface area contributed by atoms with Crippen molar-refractivity contribution in [2.45, 2.75) is 26.2 Å². The van der Waals surface area contributed by atoms with Crippen LogP contribution in [-0.4, -0.2) is 12.6 Å². The molecule has 0 amide bonds. The van der Waals surface area contributed by atoms with E-state index in [1.54, 1.807) is 13.0 Å². The van der Waals surface area contributed by atoms with Crippen LogP contribution in [0, 0.1) is 0 Å². The van der Waals surface area contributed by atoms with Gasteiger partial charge in [-0.05, 0) is 30.9 Å². The van der Waals surface area contributed by atoms with Crippen LogP contribution in [0.3, 0.4) is 0 Å². The quantitative estimate of drug-likeness (QED) is 0.307. The van der Waals surface area contributed by atoms with Gasteiger partial charge in [-0.15, -0.1) is 0 Å². The number of esters is 1. The third kappa shape index (κ3) is 3.48. The summed E-state index contributed by atoms with van der Waals surface area (Å²) in [6, 6.07) is 0. The summed E-state index contributed by atoms with van der Waals surface area (Å²) in [5.74, 6) is -0.253. The molecule has 0 bridgehead atoms. The second-order valence-corrected chi connectivity index (χ2v) is 3.06. The molecule has 0 fully saturated rings. The Morgan fingerprint density at radius 1 is 1.80 bits per heavy atom. The smallest absolute Gasteiger partial charge is 0.309 e. The molecule has 0 aromatic heterocycles. The summed E-state index contributed by atoms with van der Waals surface area (Å²) in [5, 5.41) is 3.55. The molecule has 0 aliphatic heterocycles. The summed E-state index contributed by atoms with van der Waals surface area (Å²) in [4.78, 5) is 13.8. The molecule has 0 unspecified atom stereocenters. The lowest BCUT2D eigenvalue weighted by Crippen LogP contribution is -2.02. The molecule has 80 valence electrons. The molecule has 5 nitrogen and oxygen atoms in total. The Balaban J connectivity index is 2.56. The second-order valence-electron chi connectivity index (χ2n) is 3.06. The molecule has 5 heteroatoms. The zero-order valence-electron chi connectivity index (χ0n) is 8.64. The number of nitrogens with zero attached hydrogens (tertiary/aromatic N) is 3. The van der Waals surface area contributed by atoms with Gasteiger partial charge in [-0.1, -0.05) is 17.3 Å². The lowest BCUT2D eigenvalue weighted by Gasteiger charge is -2.00. The van der Waals surface area contributed by atoms with Crippen molar-refractivity contribution >= 4 is 5.97 Å². The number of hydrogen-bond acceptors (Lipinski definition) is 3. The summed E-state index contributed by atoms with van der Waals surface area (Å²) < 4.78 is 4.79. The topological polar surface area (TPSA) is 75.1 Å². The fourth-order valence-electron chi connectivity index (χ4n) is 1.41. The molecule has 0 saturated carbocycles. The van der Waals surface area contributed by atoms with E-state index in [0.717, 1.165) is 18.4 Å². The van der Waals surface area contributed by atoms with Gasteiger partial charge in [-0.3, -0.25) is 4.79 Å². The summed E-state index contributed by atoms with van der Waals surface area (Å²) in [5.41, 5.74) is 9.88. The monoisotopic (exact) mass is 207 g/mol. The first kappa shape index (κ1) is 11.3. The fourth-order valence-corrected chi connectivity index (χ4v) is 1.41. The van der Waals surface area contributed by atoms with Crippen molar-refractivity contribution < 1.29 is 9.53 Å². The predicted molar refractivity (Wildman–Crippen MR) is 55.8 cm³/mol. The Bertz CT molecular complexity index is 352. The van der Waals surface area contributed by atoms with Gasteiger partial charge < -0.3 is 4.74 Å². The third-order valence-corrected chi connectivity index (χ3v) is 2.05. The van der Waals surface area contributed by atoms with E-state index < -0.39 is 0 Å². The molecule has 1 rings (SSSR count). The van der Waals surface area contributed by atoms with Crippen LogP contribution in [0.1, 0.15) is 26.2 Å². The van der Waals surface area contributed by atoms with Gasteiger partial charge in [0.1, 0.15) is 0 Å². The average molecular weight is 207 g/mol. The van der Waals surface area contributed by atoms with E-state index in [4.69, 9.17) is 10.3 Å². The predicted octanol–water partition coefficient (Wildman–Crippen LogP) is 2.85. The van der Waals surface area contributed by atoms with Gasteiger partial charge in [-0.25, -0.2) is 0 Å². The van der Waals surface area contributed by atoms with Gasteiger partial charge in [0.15, 0.2) is 0 Å². The van der Waals surface area contributed by atoms with Crippen LogP contribution in [0.2, 0.25) is 0 Å².